The summed E-state index contributed by atoms with van der Waals surface area (Å²) in [7, 11) is 0. The summed E-state index contributed by atoms with van der Waals surface area (Å²) in [6, 6.07) is 9.73. The van der Waals surface area contributed by atoms with Crippen LogP contribution in [0.25, 0.3) is 0 Å². The minimum absolute atomic E-state index is 0.0242. The molecular weight excluding hydrogens is 284 g/mol. The highest BCUT2D eigenvalue weighted by molar-refractivity contribution is 7.98. The van der Waals surface area contributed by atoms with Gasteiger partial charge in [0.2, 0.25) is 0 Å². The van der Waals surface area contributed by atoms with E-state index in [1.165, 1.54) is 0 Å². The molecule has 0 aromatic heterocycles. The molecule has 0 aliphatic heterocycles. The predicted octanol–water partition coefficient (Wildman–Crippen LogP) is 2.55. The van der Waals surface area contributed by atoms with Gasteiger partial charge in [-0.3, -0.25) is 0 Å². The smallest absolute Gasteiger partial charge is 0.315 e. The third-order valence-electron chi connectivity index (χ3n) is 4.05. The van der Waals surface area contributed by atoms with Crippen molar-refractivity contribution in [1.82, 2.24) is 10.6 Å². The topological polar surface area (TPSA) is 61.4 Å². The van der Waals surface area contributed by atoms with Gasteiger partial charge < -0.3 is 15.7 Å². The highest BCUT2D eigenvalue weighted by Gasteiger charge is 2.42. The summed E-state index contributed by atoms with van der Waals surface area (Å²) in [4.78, 5) is 12.3. The monoisotopic (exact) mass is 308 g/mol. The van der Waals surface area contributed by atoms with Gasteiger partial charge in [-0.2, -0.15) is 11.8 Å². The van der Waals surface area contributed by atoms with Gasteiger partial charge in [-0.15, -0.1) is 0 Å². The molecule has 2 rings (SSSR count). The Balaban J connectivity index is 1.98. The molecule has 21 heavy (non-hydrogen) atoms. The van der Waals surface area contributed by atoms with Crippen molar-refractivity contribution in [2.45, 2.75) is 31.3 Å². The van der Waals surface area contributed by atoms with Crippen LogP contribution in [-0.2, 0) is 0 Å². The third-order valence-corrected chi connectivity index (χ3v) is 4.71. The Morgan fingerprint density at radius 1 is 1.43 bits per heavy atom. The van der Waals surface area contributed by atoms with Gasteiger partial charge in [0, 0.05) is 5.75 Å². The van der Waals surface area contributed by atoms with Gasteiger partial charge in [0.05, 0.1) is 18.2 Å². The molecule has 1 aromatic rings. The highest BCUT2D eigenvalue weighted by Crippen LogP contribution is 2.39. The Labute approximate surface area is 130 Å². The van der Waals surface area contributed by atoms with Crippen LogP contribution in [0.5, 0.6) is 0 Å². The van der Waals surface area contributed by atoms with Crippen LogP contribution in [0.2, 0.25) is 0 Å². The number of aliphatic hydroxyl groups is 1. The lowest BCUT2D eigenvalue weighted by atomic mass is 9.97. The summed E-state index contributed by atoms with van der Waals surface area (Å²) >= 11 is 1.70. The lowest BCUT2D eigenvalue weighted by Crippen LogP contribution is -2.54. The summed E-state index contributed by atoms with van der Waals surface area (Å²) in [5.41, 5.74) is 0.587. The number of amides is 2. The Hall–Kier alpha value is -1.20. The summed E-state index contributed by atoms with van der Waals surface area (Å²) in [6.07, 6.45) is 4.17. The molecule has 3 N–H and O–H groups in total. The first kappa shape index (κ1) is 16.2. The van der Waals surface area contributed by atoms with Crippen LogP contribution in [0.3, 0.4) is 0 Å². The Morgan fingerprint density at radius 2 is 2.10 bits per heavy atom. The van der Waals surface area contributed by atoms with E-state index in [2.05, 4.69) is 10.6 Å². The molecule has 2 unspecified atom stereocenters. The van der Waals surface area contributed by atoms with Crippen molar-refractivity contribution in [2.75, 3.05) is 18.6 Å². The standard InChI is InChI=1S/C16H24N2O2S/c1-16(11-19,13-8-9-13)18-15(20)17-14(10-21-2)12-6-4-3-5-7-12/h3-7,13-14,19H,8-11H2,1-2H3,(H2,17,18,20). The quantitative estimate of drug-likeness (QED) is 0.725. The van der Waals surface area contributed by atoms with Crippen LogP contribution in [-0.4, -0.2) is 35.3 Å². The zero-order valence-electron chi connectivity index (χ0n) is 12.6. The Bertz CT molecular complexity index is 465. The number of thioether (sulfide) groups is 1. The van der Waals surface area contributed by atoms with Gasteiger partial charge >= 0.3 is 6.03 Å². The van der Waals surface area contributed by atoms with Crippen LogP contribution >= 0.6 is 11.8 Å². The number of rotatable bonds is 7. The highest BCUT2D eigenvalue weighted by atomic mass is 32.2. The lowest BCUT2D eigenvalue weighted by Gasteiger charge is -2.30. The van der Waals surface area contributed by atoms with Gasteiger partial charge in [-0.1, -0.05) is 30.3 Å². The van der Waals surface area contributed by atoms with Crippen LogP contribution < -0.4 is 10.6 Å². The molecule has 0 heterocycles. The van der Waals surface area contributed by atoms with Crippen molar-refractivity contribution in [3.05, 3.63) is 35.9 Å². The fourth-order valence-electron chi connectivity index (χ4n) is 2.52. The first-order valence-electron chi connectivity index (χ1n) is 7.32. The first-order valence-corrected chi connectivity index (χ1v) is 8.72. The van der Waals surface area contributed by atoms with Crippen LogP contribution in [0.4, 0.5) is 4.79 Å². The minimum Gasteiger partial charge on any atom is -0.394 e. The molecule has 1 saturated carbocycles. The maximum atomic E-state index is 12.3. The summed E-state index contributed by atoms with van der Waals surface area (Å²) in [5, 5.41) is 15.5. The van der Waals surface area contributed by atoms with Crippen molar-refractivity contribution in [3.8, 4) is 0 Å². The zero-order chi connectivity index (χ0) is 15.3. The average Bonchev–Trinajstić information content (AvgIpc) is 3.32. The number of hydrogen-bond acceptors (Lipinski definition) is 3. The van der Waals surface area contributed by atoms with Gasteiger partial charge in [-0.25, -0.2) is 4.79 Å². The maximum absolute atomic E-state index is 12.3. The largest absolute Gasteiger partial charge is 0.394 e. The summed E-state index contributed by atoms with van der Waals surface area (Å²) in [5.74, 6) is 1.21. The van der Waals surface area contributed by atoms with Gasteiger partial charge in [0.25, 0.3) is 0 Å². The minimum atomic E-state index is -0.509. The number of aliphatic hydroxyl groups excluding tert-OH is 1. The summed E-state index contributed by atoms with van der Waals surface area (Å²) < 4.78 is 0. The molecular formula is C16H24N2O2S. The van der Waals surface area contributed by atoms with E-state index in [4.69, 9.17) is 0 Å². The molecule has 0 bridgehead atoms. The van der Waals surface area contributed by atoms with Gasteiger partial charge in [0.1, 0.15) is 0 Å². The Kier molecular flexibility index (Phi) is 5.53. The molecule has 0 radical (unpaired) electrons. The molecule has 1 aliphatic rings. The molecule has 0 spiro atoms. The number of hydrogen-bond donors (Lipinski definition) is 3. The molecule has 1 aromatic carbocycles. The number of carbonyl (C=O) groups excluding carboxylic acids is 1. The van der Waals surface area contributed by atoms with Crippen molar-refractivity contribution < 1.29 is 9.90 Å². The molecule has 116 valence electrons. The second-order valence-corrected chi connectivity index (χ2v) is 6.78. The molecule has 2 atom stereocenters. The van der Waals surface area contributed by atoms with E-state index >= 15 is 0 Å². The van der Waals surface area contributed by atoms with Crippen molar-refractivity contribution >= 4 is 17.8 Å². The van der Waals surface area contributed by atoms with Crippen LogP contribution in [0.1, 0.15) is 31.4 Å². The third kappa shape index (κ3) is 4.38. The predicted molar refractivity (Wildman–Crippen MR) is 87.4 cm³/mol. The number of carbonyl (C=O) groups is 1. The first-order chi connectivity index (χ1) is 10.1. The van der Waals surface area contributed by atoms with E-state index in [1.807, 2.05) is 43.5 Å². The van der Waals surface area contributed by atoms with Crippen LogP contribution in [0.15, 0.2) is 30.3 Å². The molecule has 1 aliphatic carbocycles. The maximum Gasteiger partial charge on any atom is 0.315 e. The zero-order valence-corrected chi connectivity index (χ0v) is 13.5. The fourth-order valence-corrected chi connectivity index (χ4v) is 3.13. The molecule has 1 fully saturated rings. The van der Waals surface area contributed by atoms with Crippen molar-refractivity contribution in [3.63, 3.8) is 0 Å². The molecule has 0 saturated heterocycles. The Morgan fingerprint density at radius 3 is 2.62 bits per heavy atom. The molecule has 4 nitrogen and oxygen atoms in total. The SMILES string of the molecule is CSCC(NC(=O)NC(C)(CO)C1CC1)c1ccccc1. The summed E-state index contributed by atoms with van der Waals surface area (Å²) in [6.45, 7) is 1.89. The van der Waals surface area contributed by atoms with E-state index < -0.39 is 5.54 Å². The second kappa shape index (κ2) is 7.18. The van der Waals surface area contributed by atoms with Crippen molar-refractivity contribution in [2.24, 2.45) is 5.92 Å². The molecule has 2 amide bonds. The fraction of sp³-hybridized carbons (Fsp3) is 0.562. The van der Waals surface area contributed by atoms with Gasteiger partial charge in [-0.05, 0) is 37.5 Å². The number of nitrogens with one attached hydrogen (secondary N) is 2. The van der Waals surface area contributed by atoms with E-state index in [0.29, 0.717) is 5.92 Å². The number of benzene rings is 1. The van der Waals surface area contributed by atoms with E-state index in [1.54, 1.807) is 11.8 Å². The van der Waals surface area contributed by atoms with Crippen LogP contribution in [0, 0.1) is 5.92 Å². The van der Waals surface area contributed by atoms with E-state index in [-0.39, 0.29) is 18.7 Å². The number of urea groups is 1. The van der Waals surface area contributed by atoms with Gasteiger partial charge in [0.15, 0.2) is 0 Å². The van der Waals surface area contributed by atoms with E-state index in [9.17, 15) is 9.90 Å². The van der Waals surface area contributed by atoms with Crippen molar-refractivity contribution in [1.29, 1.82) is 0 Å². The normalized spacial score (nSPS) is 18.6. The lowest BCUT2D eigenvalue weighted by molar-refractivity contribution is 0.154. The second-order valence-electron chi connectivity index (χ2n) is 5.87. The average molecular weight is 308 g/mol. The van der Waals surface area contributed by atoms with E-state index in [0.717, 1.165) is 24.2 Å². The molecule has 5 heteroatoms.